The Morgan fingerprint density at radius 3 is 2.74 bits per heavy atom. The van der Waals surface area contributed by atoms with Crippen LogP contribution in [-0.4, -0.2) is 34.3 Å². The molecule has 0 unspecified atom stereocenters. The summed E-state index contributed by atoms with van der Waals surface area (Å²) in [5.41, 5.74) is 4.89. The number of rotatable bonds is 7. The molecule has 3 aromatic rings. The number of thiocarbonyl (C=S) groups is 1. The normalized spacial score (nSPS) is 20.3. The summed E-state index contributed by atoms with van der Waals surface area (Å²) >= 11 is 5.90. The predicted molar refractivity (Wildman–Crippen MR) is 142 cm³/mol. The zero-order valence-electron chi connectivity index (χ0n) is 20.1. The molecule has 2 N–H and O–H groups in total. The van der Waals surface area contributed by atoms with Gasteiger partial charge < -0.3 is 24.8 Å². The van der Waals surface area contributed by atoms with Crippen LogP contribution in [0, 0.1) is 6.92 Å². The topological polar surface area (TPSA) is 71.4 Å². The molecule has 3 heterocycles. The van der Waals surface area contributed by atoms with Gasteiger partial charge in [-0.25, -0.2) is 0 Å². The van der Waals surface area contributed by atoms with E-state index in [9.17, 15) is 4.79 Å². The van der Waals surface area contributed by atoms with Crippen LogP contribution < -0.4 is 15.5 Å². The largest absolute Gasteiger partial charge is 0.375 e. The average molecular weight is 490 g/mol. The summed E-state index contributed by atoms with van der Waals surface area (Å²) in [5, 5.41) is 7.13. The number of ether oxygens (including phenoxy) is 1. The number of amides is 1. The minimum atomic E-state index is -0.177. The molecule has 1 amide bonds. The fourth-order valence-corrected chi connectivity index (χ4v) is 5.71. The molecule has 0 spiro atoms. The van der Waals surface area contributed by atoms with Gasteiger partial charge in [0, 0.05) is 42.6 Å². The molecule has 1 saturated heterocycles. The van der Waals surface area contributed by atoms with E-state index in [0.29, 0.717) is 11.2 Å². The van der Waals surface area contributed by atoms with Gasteiger partial charge in [-0.05, 0) is 80.0 Å². The highest BCUT2D eigenvalue weighted by Gasteiger charge is 2.42. The predicted octanol–water partition coefficient (Wildman–Crippen LogP) is 5.07. The van der Waals surface area contributed by atoms with E-state index in [1.165, 1.54) is 38.5 Å². The number of hydrogen-bond donors (Lipinski definition) is 2. The van der Waals surface area contributed by atoms with Crippen molar-refractivity contribution in [1.82, 2.24) is 14.9 Å². The number of hydrogen-bond acceptors (Lipinski definition) is 4. The van der Waals surface area contributed by atoms with Crippen molar-refractivity contribution in [3.05, 3.63) is 77.9 Å². The second-order valence-corrected chi connectivity index (χ2v) is 9.64. The Kier molecular flexibility index (Phi) is 6.83. The Morgan fingerprint density at radius 2 is 2.03 bits per heavy atom. The van der Waals surface area contributed by atoms with Crippen LogP contribution in [0.25, 0.3) is 0 Å². The van der Waals surface area contributed by atoms with Crippen LogP contribution in [0.1, 0.15) is 60.8 Å². The third-order valence-electron chi connectivity index (χ3n) is 6.97. The first kappa shape index (κ1) is 23.5. The van der Waals surface area contributed by atoms with Gasteiger partial charge in [-0.15, -0.1) is 0 Å². The Labute approximate surface area is 211 Å². The van der Waals surface area contributed by atoms with E-state index in [1.807, 2.05) is 37.4 Å². The highest BCUT2D eigenvalue weighted by molar-refractivity contribution is 7.80. The molecule has 1 aliphatic carbocycles. The number of aromatic nitrogens is 2. The van der Waals surface area contributed by atoms with Crippen LogP contribution in [0.3, 0.4) is 0 Å². The average Bonchev–Trinajstić information content (AvgIpc) is 3.60. The maximum absolute atomic E-state index is 12.0. The molecule has 2 fully saturated rings. The SMILES string of the molecule is COCC(=O)Nc1ccc(N2C(=S)N[C@H](c3ccccn3)[C@H]2c2cccn2C2CCCC2)cc1C. The minimum absolute atomic E-state index is 0.0211. The number of methoxy groups -OCH3 is 1. The van der Waals surface area contributed by atoms with Gasteiger partial charge >= 0.3 is 0 Å². The van der Waals surface area contributed by atoms with Crippen LogP contribution in [0.15, 0.2) is 60.9 Å². The van der Waals surface area contributed by atoms with Crippen molar-refractivity contribution >= 4 is 34.6 Å². The quantitative estimate of drug-likeness (QED) is 0.452. The Bertz CT molecular complexity index is 1210. The lowest BCUT2D eigenvalue weighted by Crippen LogP contribution is -2.31. The number of carbonyl (C=O) groups is 1. The number of nitrogens with one attached hydrogen (secondary N) is 2. The van der Waals surface area contributed by atoms with Gasteiger partial charge in [0.05, 0.1) is 11.7 Å². The maximum atomic E-state index is 12.0. The van der Waals surface area contributed by atoms with Crippen molar-refractivity contribution in [3.8, 4) is 0 Å². The van der Waals surface area contributed by atoms with Gasteiger partial charge in [-0.2, -0.15) is 0 Å². The summed E-state index contributed by atoms with van der Waals surface area (Å²) in [6.07, 6.45) is 8.99. The fourth-order valence-electron chi connectivity index (χ4n) is 5.36. The third-order valence-corrected chi connectivity index (χ3v) is 7.28. The van der Waals surface area contributed by atoms with Gasteiger partial charge in [0.2, 0.25) is 5.91 Å². The van der Waals surface area contributed by atoms with Crippen LogP contribution in [-0.2, 0) is 9.53 Å². The number of anilines is 2. The van der Waals surface area contributed by atoms with Gasteiger partial charge in [-0.3, -0.25) is 9.78 Å². The minimum Gasteiger partial charge on any atom is -0.375 e. The molecule has 1 aromatic carbocycles. The Morgan fingerprint density at radius 1 is 1.20 bits per heavy atom. The first-order chi connectivity index (χ1) is 17.1. The smallest absolute Gasteiger partial charge is 0.250 e. The summed E-state index contributed by atoms with van der Waals surface area (Å²) in [6, 6.07) is 16.8. The van der Waals surface area contributed by atoms with Crippen LogP contribution in [0.5, 0.6) is 0 Å². The molecular formula is C27H31N5O2S. The lowest BCUT2D eigenvalue weighted by Gasteiger charge is -2.30. The third kappa shape index (κ3) is 4.68. The Balaban J connectivity index is 1.54. The zero-order chi connectivity index (χ0) is 24.4. The van der Waals surface area contributed by atoms with Crippen molar-refractivity contribution in [2.24, 2.45) is 0 Å². The summed E-state index contributed by atoms with van der Waals surface area (Å²) in [6.45, 7) is 2.01. The first-order valence-corrected chi connectivity index (χ1v) is 12.5. The van der Waals surface area contributed by atoms with E-state index in [-0.39, 0.29) is 24.6 Å². The standard InChI is InChI=1S/C27H31N5O2S/c1-18-16-20(12-13-21(18)29-24(33)17-34-2)32-26(23-11-7-15-31(23)19-8-3-4-9-19)25(30-27(32)35)22-10-5-6-14-28-22/h5-7,10-16,19,25-26H,3-4,8-9,17H2,1-2H3,(H,29,33)(H,30,35)/t25-,26-/m1/s1. The molecule has 0 radical (unpaired) electrons. The number of aryl methyl sites for hydroxylation is 1. The highest BCUT2D eigenvalue weighted by Crippen LogP contribution is 2.44. The fraction of sp³-hybridized carbons (Fsp3) is 0.370. The number of nitrogens with zero attached hydrogens (tertiary/aromatic N) is 3. The second kappa shape index (κ2) is 10.2. The number of carbonyl (C=O) groups excluding carboxylic acids is 1. The molecule has 8 heteroatoms. The molecule has 2 aliphatic rings. The van der Waals surface area contributed by atoms with E-state index < -0.39 is 0 Å². The van der Waals surface area contributed by atoms with Crippen molar-refractivity contribution in [1.29, 1.82) is 0 Å². The van der Waals surface area contributed by atoms with E-state index in [4.69, 9.17) is 17.0 Å². The molecule has 182 valence electrons. The molecule has 0 bridgehead atoms. The van der Waals surface area contributed by atoms with Crippen molar-refractivity contribution < 1.29 is 9.53 Å². The van der Waals surface area contributed by atoms with Crippen LogP contribution in [0.4, 0.5) is 11.4 Å². The van der Waals surface area contributed by atoms with Crippen molar-refractivity contribution in [2.45, 2.75) is 50.7 Å². The van der Waals surface area contributed by atoms with Gasteiger partial charge in [0.25, 0.3) is 0 Å². The number of pyridine rings is 1. The summed E-state index contributed by atoms with van der Waals surface area (Å²) < 4.78 is 7.39. The lowest BCUT2D eigenvalue weighted by atomic mass is 10.00. The molecule has 35 heavy (non-hydrogen) atoms. The van der Waals surface area contributed by atoms with Gasteiger partial charge in [-0.1, -0.05) is 18.9 Å². The molecule has 1 aliphatic heterocycles. The first-order valence-electron chi connectivity index (χ1n) is 12.1. The molecule has 2 aromatic heterocycles. The van der Waals surface area contributed by atoms with Crippen molar-refractivity contribution in [3.63, 3.8) is 0 Å². The zero-order valence-corrected chi connectivity index (χ0v) is 20.9. The van der Waals surface area contributed by atoms with E-state index >= 15 is 0 Å². The van der Waals surface area contributed by atoms with E-state index in [1.54, 1.807) is 0 Å². The molecule has 7 nitrogen and oxygen atoms in total. The molecule has 5 rings (SSSR count). The molecular weight excluding hydrogens is 458 g/mol. The summed E-state index contributed by atoms with van der Waals surface area (Å²) in [5.74, 6) is -0.177. The second-order valence-electron chi connectivity index (χ2n) is 9.26. The highest BCUT2D eigenvalue weighted by atomic mass is 32.1. The monoisotopic (exact) mass is 489 g/mol. The van der Waals surface area contributed by atoms with Crippen molar-refractivity contribution in [2.75, 3.05) is 23.9 Å². The van der Waals surface area contributed by atoms with E-state index in [2.05, 4.69) is 55.5 Å². The summed E-state index contributed by atoms with van der Waals surface area (Å²) in [7, 11) is 1.51. The van der Waals surface area contributed by atoms with E-state index in [0.717, 1.165) is 22.6 Å². The lowest BCUT2D eigenvalue weighted by molar-refractivity contribution is -0.119. The summed E-state index contributed by atoms with van der Waals surface area (Å²) in [4.78, 5) is 18.9. The molecule has 1 saturated carbocycles. The number of benzene rings is 1. The Hall–Kier alpha value is -3.23. The van der Waals surface area contributed by atoms with Crippen LogP contribution >= 0.6 is 12.2 Å². The van der Waals surface area contributed by atoms with Gasteiger partial charge in [0.1, 0.15) is 12.6 Å². The molecule has 2 atom stereocenters. The van der Waals surface area contributed by atoms with Gasteiger partial charge in [0.15, 0.2) is 5.11 Å². The maximum Gasteiger partial charge on any atom is 0.250 e. The van der Waals surface area contributed by atoms with Crippen LogP contribution in [0.2, 0.25) is 0 Å².